The average molecular weight is 631 g/mol. The van der Waals surface area contributed by atoms with Gasteiger partial charge in [-0.15, -0.1) is 0 Å². The molecule has 46 heavy (non-hydrogen) atoms. The number of fused-ring (bicyclic) bond motifs is 2. The smallest absolute Gasteiger partial charge is 0.295 e. The quantitative estimate of drug-likeness (QED) is 0.0343. The van der Waals surface area contributed by atoms with Gasteiger partial charge in [0.15, 0.2) is 0 Å². The van der Waals surface area contributed by atoms with Crippen LogP contribution in [0.15, 0.2) is 116 Å². The maximum atomic E-state index is 12.5. The van der Waals surface area contributed by atoms with Gasteiger partial charge in [0, 0.05) is 39.1 Å². The lowest BCUT2D eigenvalue weighted by Gasteiger charge is -2.24. The molecule has 0 spiro atoms. The largest absolute Gasteiger partial charge is 0.456 e. The summed E-state index contributed by atoms with van der Waals surface area (Å²) in [5.41, 5.74) is 16.7. The van der Waals surface area contributed by atoms with Crippen LogP contribution in [0.3, 0.4) is 0 Å². The number of para-hydroxylation sites is 2. The van der Waals surface area contributed by atoms with Crippen molar-refractivity contribution in [3.05, 3.63) is 135 Å². The van der Waals surface area contributed by atoms with Crippen LogP contribution in [0.5, 0.6) is 0 Å². The maximum Gasteiger partial charge on any atom is 0.295 e. The van der Waals surface area contributed by atoms with Crippen molar-refractivity contribution in [2.45, 2.75) is 32.2 Å². The van der Waals surface area contributed by atoms with E-state index in [9.17, 15) is 13.0 Å². The van der Waals surface area contributed by atoms with Gasteiger partial charge in [0.2, 0.25) is 0 Å². The van der Waals surface area contributed by atoms with E-state index < -0.39 is 10.1 Å². The van der Waals surface area contributed by atoms with Crippen molar-refractivity contribution in [2.75, 3.05) is 5.01 Å². The SMILES string of the molecule is Cc1cccc(C)c1N=c1ccc2c(-c3ccccc3S(=O)(=O)O)c3ccc(N(N)c4c(C)cccc4CN=[N+]=[N-])cc3oc-2c1. The molecule has 0 fully saturated rings. The number of benzene rings is 5. The molecule has 230 valence electrons. The minimum atomic E-state index is -4.56. The molecule has 0 aromatic heterocycles. The number of anilines is 2. The molecule has 0 amide bonds. The number of hydrogen-bond donors (Lipinski definition) is 2. The van der Waals surface area contributed by atoms with Gasteiger partial charge in [0.25, 0.3) is 10.1 Å². The number of hydrogen-bond acceptors (Lipinski definition) is 7. The number of azide groups is 1. The van der Waals surface area contributed by atoms with E-state index in [4.69, 9.17) is 20.8 Å². The minimum absolute atomic E-state index is 0.118. The standard InChI is InChI=1S/C35H30N6O4S/c1-21-8-6-9-22(2)34(21)39-25-14-16-27-30(18-25)45-31-19-26(41(37)35-23(3)10-7-11-24(35)20-38-40-36)15-17-28(31)33(27)29-12-4-5-13-32(29)46(42,43)44/h4-19H,20,37H2,1-3H3,(H,42,43,44). The van der Waals surface area contributed by atoms with Gasteiger partial charge in [0.1, 0.15) is 16.2 Å². The van der Waals surface area contributed by atoms with E-state index in [0.717, 1.165) is 27.9 Å². The molecule has 2 aliphatic rings. The third kappa shape index (κ3) is 5.71. The average Bonchev–Trinajstić information content (AvgIpc) is 3.03. The highest BCUT2D eigenvalue weighted by Gasteiger charge is 2.24. The van der Waals surface area contributed by atoms with Crippen LogP contribution in [0.1, 0.15) is 22.3 Å². The second kappa shape index (κ2) is 12.2. The molecule has 4 aromatic carbocycles. The molecule has 0 radical (unpaired) electrons. The fourth-order valence-corrected chi connectivity index (χ4v) is 6.51. The highest BCUT2D eigenvalue weighted by molar-refractivity contribution is 7.86. The van der Waals surface area contributed by atoms with Crippen molar-refractivity contribution in [1.29, 1.82) is 0 Å². The van der Waals surface area contributed by atoms with Gasteiger partial charge in [-0.25, -0.2) is 10.8 Å². The first-order valence-electron chi connectivity index (χ1n) is 14.4. The van der Waals surface area contributed by atoms with Gasteiger partial charge < -0.3 is 4.42 Å². The first-order valence-corrected chi connectivity index (χ1v) is 15.8. The van der Waals surface area contributed by atoms with Crippen LogP contribution >= 0.6 is 0 Å². The Hall–Kier alpha value is -5.45. The predicted octanol–water partition coefficient (Wildman–Crippen LogP) is 8.43. The molecule has 11 heteroatoms. The van der Waals surface area contributed by atoms with E-state index in [-0.39, 0.29) is 11.4 Å². The van der Waals surface area contributed by atoms with Crippen molar-refractivity contribution in [1.82, 2.24) is 0 Å². The number of aryl methyl sites for hydroxylation is 3. The van der Waals surface area contributed by atoms with Crippen LogP contribution in [0.25, 0.3) is 43.9 Å². The molecule has 6 rings (SSSR count). The normalized spacial score (nSPS) is 12.0. The van der Waals surface area contributed by atoms with Gasteiger partial charge in [-0.3, -0.25) is 9.56 Å². The topological polar surface area (TPSA) is 158 Å². The summed E-state index contributed by atoms with van der Waals surface area (Å²) in [5, 5.41) is 6.50. The highest BCUT2D eigenvalue weighted by atomic mass is 32.2. The van der Waals surface area contributed by atoms with Gasteiger partial charge in [-0.2, -0.15) is 8.42 Å². The molecule has 1 aliphatic carbocycles. The Balaban J connectivity index is 1.63. The van der Waals surface area contributed by atoms with E-state index in [1.54, 1.807) is 30.3 Å². The van der Waals surface area contributed by atoms with E-state index in [1.807, 2.05) is 81.4 Å². The first-order chi connectivity index (χ1) is 22.1. The van der Waals surface area contributed by atoms with Crippen LogP contribution in [-0.2, 0) is 16.7 Å². The predicted molar refractivity (Wildman–Crippen MR) is 180 cm³/mol. The van der Waals surface area contributed by atoms with E-state index in [0.29, 0.717) is 50.2 Å². The minimum Gasteiger partial charge on any atom is -0.456 e. The summed E-state index contributed by atoms with van der Waals surface area (Å²) >= 11 is 0. The second-order valence-corrected chi connectivity index (χ2v) is 12.4. The monoisotopic (exact) mass is 630 g/mol. The molecular formula is C35H30N6O4S. The molecule has 0 saturated carbocycles. The fraction of sp³-hybridized carbons (Fsp3) is 0.114. The Bertz CT molecular complexity index is 2320. The summed E-state index contributed by atoms with van der Waals surface area (Å²) < 4.78 is 41.7. The Morgan fingerprint density at radius 1 is 0.870 bits per heavy atom. The van der Waals surface area contributed by atoms with Crippen molar-refractivity contribution >= 4 is 38.1 Å². The third-order valence-corrected chi connectivity index (χ3v) is 8.86. The zero-order chi connectivity index (χ0) is 32.6. The van der Waals surface area contributed by atoms with Crippen LogP contribution in [0.2, 0.25) is 0 Å². The van der Waals surface area contributed by atoms with E-state index in [1.165, 1.54) is 11.1 Å². The van der Waals surface area contributed by atoms with Crippen molar-refractivity contribution < 1.29 is 17.4 Å². The number of nitrogens with two attached hydrogens (primary N) is 1. The first kappa shape index (κ1) is 30.6. The third-order valence-electron chi connectivity index (χ3n) is 7.95. The number of nitrogens with zero attached hydrogens (tertiary/aromatic N) is 5. The second-order valence-electron chi connectivity index (χ2n) is 11.0. The molecule has 4 aromatic rings. The van der Waals surface area contributed by atoms with Gasteiger partial charge >= 0.3 is 0 Å². The fourth-order valence-electron chi connectivity index (χ4n) is 5.82. The molecule has 3 N–H and O–H groups in total. The van der Waals surface area contributed by atoms with Crippen LogP contribution in [0, 0.1) is 20.8 Å². The van der Waals surface area contributed by atoms with Crippen molar-refractivity contribution in [3.63, 3.8) is 0 Å². The van der Waals surface area contributed by atoms with Crippen LogP contribution < -0.4 is 16.2 Å². The lowest BCUT2D eigenvalue weighted by Crippen LogP contribution is -2.27. The van der Waals surface area contributed by atoms with Gasteiger partial charge in [-0.05, 0) is 78.9 Å². The highest BCUT2D eigenvalue weighted by Crippen LogP contribution is 2.43. The van der Waals surface area contributed by atoms with Gasteiger partial charge in [-0.1, -0.05) is 59.7 Å². The Labute approximate surface area is 265 Å². The Kier molecular flexibility index (Phi) is 8.08. The summed E-state index contributed by atoms with van der Waals surface area (Å²) in [7, 11) is -4.56. The molecule has 0 saturated heterocycles. The van der Waals surface area contributed by atoms with Gasteiger partial charge in [0.05, 0.1) is 29.0 Å². The van der Waals surface area contributed by atoms with Crippen molar-refractivity contribution in [2.24, 2.45) is 15.9 Å². The maximum absolute atomic E-state index is 12.5. The summed E-state index contributed by atoms with van der Waals surface area (Å²) in [6.07, 6.45) is 0. The molecule has 1 aliphatic heterocycles. The van der Waals surface area contributed by atoms with E-state index >= 15 is 0 Å². The Morgan fingerprint density at radius 3 is 2.33 bits per heavy atom. The lowest BCUT2D eigenvalue weighted by molar-refractivity contribution is 0.483. The molecular weight excluding hydrogens is 600 g/mol. The molecule has 0 bridgehead atoms. The zero-order valence-corrected chi connectivity index (χ0v) is 26.2. The van der Waals surface area contributed by atoms with Crippen LogP contribution in [-0.4, -0.2) is 13.0 Å². The summed E-state index contributed by atoms with van der Waals surface area (Å²) in [6.45, 7) is 6.04. The summed E-state index contributed by atoms with van der Waals surface area (Å²) in [5.74, 6) is 7.15. The Morgan fingerprint density at radius 2 is 1.59 bits per heavy atom. The van der Waals surface area contributed by atoms with Crippen molar-refractivity contribution in [3.8, 4) is 22.5 Å². The molecule has 0 unspecified atom stereocenters. The summed E-state index contributed by atoms with van der Waals surface area (Å²) in [4.78, 5) is 7.57. The number of rotatable bonds is 7. The van der Waals surface area contributed by atoms with Crippen LogP contribution in [0.4, 0.5) is 17.1 Å². The molecule has 10 nitrogen and oxygen atoms in total. The summed E-state index contributed by atoms with van der Waals surface area (Å²) in [6, 6.07) is 28.8. The molecule has 1 heterocycles. The number of hydrazine groups is 1. The van der Waals surface area contributed by atoms with E-state index in [2.05, 4.69) is 10.0 Å². The zero-order valence-electron chi connectivity index (χ0n) is 25.3. The lowest BCUT2D eigenvalue weighted by atomic mass is 9.93. The molecule has 0 atom stereocenters.